The Morgan fingerprint density at radius 2 is 1.84 bits per heavy atom. The first-order valence-electron chi connectivity index (χ1n) is 9.19. The maximum Gasteiger partial charge on any atom is 0.268 e. The number of aromatic nitrogens is 1. The third-order valence-corrected chi connectivity index (χ3v) is 6.58. The van der Waals surface area contributed by atoms with Crippen molar-refractivity contribution in [2.75, 3.05) is 13.1 Å². The first-order valence-corrected chi connectivity index (χ1v) is 10.6. The number of aryl methyl sites for hydroxylation is 1. The monoisotopic (exact) mass is 369 g/mol. The lowest BCUT2D eigenvalue weighted by Gasteiger charge is -2.14. The second kappa shape index (κ2) is 8.36. The van der Waals surface area contributed by atoms with Gasteiger partial charge in [0, 0.05) is 32.4 Å². The molecule has 142 valence electrons. The molecule has 1 unspecified atom stereocenters. The summed E-state index contributed by atoms with van der Waals surface area (Å²) < 4.78 is 28.4. The largest absolute Gasteiger partial charge is 0.348 e. The van der Waals surface area contributed by atoms with Gasteiger partial charge < -0.3 is 9.88 Å². The maximum absolute atomic E-state index is 12.6. The van der Waals surface area contributed by atoms with Gasteiger partial charge in [-0.15, -0.1) is 0 Å². The standard InChI is InChI=1S/C18H31N3O3S/c1-14(2)8-7-9-15(3)19-18(22)17-12-16(13-20(17)4)25(23,24)21-10-5-6-11-21/h12-15H,5-11H2,1-4H3,(H,19,22). The van der Waals surface area contributed by atoms with E-state index in [0.717, 1.165) is 32.1 Å². The van der Waals surface area contributed by atoms with Crippen molar-refractivity contribution in [2.24, 2.45) is 13.0 Å². The number of sulfonamides is 1. The molecule has 1 saturated heterocycles. The lowest BCUT2D eigenvalue weighted by atomic mass is 10.0. The Morgan fingerprint density at radius 3 is 2.44 bits per heavy atom. The lowest BCUT2D eigenvalue weighted by Crippen LogP contribution is -2.33. The van der Waals surface area contributed by atoms with Crippen LogP contribution in [-0.4, -0.2) is 42.3 Å². The van der Waals surface area contributed by atoms with E-state index in [1.807, 2.05) is 6.92 Å². The molecule has 0 spiro atoms. The first kappa shape index (κ1) is 20.0. The van der Waals surface area contributed by atoms with Crippen LogP contribution in [-0.2, 0) is 17.1 Å². The molecular weight excluding hydrogens is 338 g/mol. The molecule has 1 aromatic heterocycles. The van der Waals surface area contributed by atoms with Crippen molar-refractivity contribution in [2.45, 2.75) is 63.8 Å². The van der Waals surface area contributed by atoms with Gasteiger partial charge in [0.1, 0.15) is 10.6 Å². The van der Waals surface area contributed by atoms with Crippen molar-refractivity contribution in [3.63, 3.8) is 0 Å². The first-order chi connectivity index (χ1) is 11.7. The van der Waals surface area contributed by atoms with Crippen LogP contribution < -0.4 is 5.32 Å². The van der Waals surface area contributed by atoms with Gasteiger partial charge in [-0.2, -0.15) is 4.31 Å². The Morgan fingerprint density at radius 1 is 1.20 bits per heavy atom. The van der Waals surface area contributed by atoms with E-state index >= 15 is 0 Å². The van der Waals surface area contributed by atoms with Gasteiger partial charge in [0.2, 0.25) is 10.0 Å². The fourth-order valence-corrected chi connectivity index (χ4v) is 4.77. The highest BCUT2D eigenvalue weighted by Gasteiger charge is 2.29. The number of nitrogens with zero attached hydrogens (tertiary/aromatic N) is 2. The van der Waals surface area contributed by atoms with Crippen LogP contribution in [0.3, 0.4) is 0 Å². The summed E-state index contributed by atoms with van der Waals surface area (Å²) in [5, 5.41) is 2.98. The fourth-order valence-electron chi connectivity index (χ4n) is 3.18. The minimum Gasteiger partial charge on any atom is -0.348 e. The van der Waals surface area contributed by atoms with Crippen molar-refractivity contribution < 1.29 is 13.2 Å². The molecule has 7 heteroatoms. The van der Waals surface area contributed by atoms with Crippen molar-refractivity contribution >= 4 is 15.9 Å². The number of rotatable bonds is 8. The molecule has 0 bridgehead atoms. The Labute approximate surface area is 151 Å². The average Bonchev–Trinajstić information content (AvgIpc) is 3.16. The van der Waals surface area contributed by atoms with E-state index in [1.165, 1.54) is 16.6 Å². The van der Waals surface area contributed by atoms with Crippen molar-refractivity contribution in [3.8, 4) is 0 Å². The van der Waals surface area contributed by atoms with E-state index in [1.54, 1.807) is 11.6 Å². The van der Waals surface area contributed by atoms with Crippen molar-refractivity contribution in [1.82, 2.24) is 14.2 Å². The maximum atomic E-state index is 12.6. The van der Waals surface area contributed by atoms with Crippen LogP contribution in [0.15, 0.2) is 17.2 Å². The Balaban J connectivity index is 2.02. The average molecular weight is 370 g/mol. The zero-order valence-electron chi connectivity index (χ0n) is 15.8. The van der Waals surface area contributed by atoms with E-state index in [2.05, 4.69) is 19.2 Å². The Kier molecular flexibility index (Phi) is 6.68. The molecule has 2 heterocycles. The van der Waals surface area contributed by atoms with E-state index in [0.29, 0.717) is 24.7 Å². The van der Waals surface area contributed by atoms with Crippen LogP contribution >= 0.6 is 0 Å². The molecule has 1 amide bonds. The van der Waals surface area contributed by atoms with Crippen LogP contribution in [0.1, 0.15) is 63.4 Å². The summed E-state index contributed by atoms with van der Waals surface area (Å²) in [6.45, 7) is 7.49. The van der Waals surface area contributed by atoms with Crippen LogP contribution in [0, 0.1) is 5.92 Å². The summed E-state index contributed by atoms with van der Waals surface area (Å²) >= 11 is 0. The minimum atomic E-state index is -3.49. The van der Waals surface area contributed by atoms with Crippen molar-refractivity contribution in [3.05, 3.63) is 18.0 Å². The molecule has 0 aromatic carbocycles. The van der Waals surface area contributed by atoms with Crippen LogP contribution in [0.4, 0.5) is 0 Å². The number of nitrogens with one attached hydrogen (secondary N) is 1. The second-order valence-corrected chi connectivity index (χ2v) is 9.42. The fraction of sp³-hybridized carbons (Fsp3) is 0.722. The molecule has 0 saturated carbocycles. The van der Waals surface area contributed by atoms with Gasteiger partial charge in [-0.25, -0.2) is 8.42 Å². The number of carbonyl (C=O) groups excluding carboxylic acids is 1. The summed E-state index contributed by atoms with van der Waals surface area (Å²) in [6.07, 6.45) is 6.46. The molecule has 6 nitrogen and oxygen atoms in total. The molecule has 2 rings (SSSR count). The number of carbonyl (C=O) groups is 1. The topological polar surface area (TPSA) is 71.4 Å². The van der Waals surface area contributed by atoms with Crippen LogP contribution in [0.2, 0.25) is 0 Å². The van der Waals surface area contributed by atoms with Gasteiger partial charge in [-0.3, -0.25) is 4.79 Å². The van der Waals surface area contributed by atoms with E-state index in [4.69, 9.17) is 0 Å². The highest BCUT2D eigenvalue weighted by atomic mass is 32.2. The van der Waals surface area contributed by atoms with Crippen LogP contribution in [0.5, 0.6) is 0 Å². The zero-order chi connectivity index (χ0) is 18.6. The smallest absolute Gasteiger partial charge is 0.268 e. The van der Waals surface area contributed by atoms with Gasteiger partial charge in [0.05, 0.1) is 0 Å². The molecule has 1 aliphatic heterocycles. The number of hydrogen-bond acceptors (Lipinski definition) is 3. The third-order valence-electron chi connectivity index (χ3n) is 4.71. The SMILES string of the molecule is CC(C)CCCC(C)NC(=O)c1cc(S(=O)(=O)N2CCCC2)cn1C. The number of amides is 1. The second-order valence-electron chi connectivity index (χ2n) is 7.48. The van der Waals surface area contributed by atoms with Crippen LogP contribution in [0.25, 0.3) is 0 Å². The Bertz CT molecular complexity index is 688. The zero-order valence-corrected chi connectivity index (χ0v) is 16.6. The summed E-state index contributed by atoms with van der Waals surface area (Å²) in [7, 11) is -1.78. The van der Waals surface area contributed by atoms with Gasteiger partial charge in [-0.1, -0.05) is 26.7 Å². The van der Waals surface area contributed by atoms with Gasteiger partial charge in [-0.05, 0) is 38.2 Å². The molecule has 1 aromatic rings. The molecule has 25 heavy (non-hydrogen) atoms. The molecule has 0 aliphatic carbocycles. The summed E-state index contributed by atoms with van der Waals surface area (Å²) in [5.74, 6) is 0.441. The van der Waals surface area contributed by atoms with E-state index in [-0.39, 0.29) is 16.8 Å². The Hall–Kier alpha value is -1.34. The predicted molar refractivity (Wildman–Crippen MR) is 99.0 cm³/mol. The lowest BCUT2D eigenvalue weighted by molar-refractivity contribution is 0.0929. The van der Waals surface area contributed by atoms with Gasteiger partial charge in [0.25, 0.3) is 5.91 Å². The molecule has 1 fully saturated rings. The molecule has 1 aliphatic rings. The number of hydrogen-bond donors (Lipinski definition) is 1. The summed E-state index contributed by atoms with van der Waals surface area (Å²) in [4.78, 5) is 12.7. The predicted octanol–water partition coefficient (Wildman–Crippen LogP) is 2.75. The third kappa shape index (κ3) is 5.07. The quantitative estimate of drug-likeness (QED) is 0.766. The molecular formula is C18H31N3O3S. The highest BCUT2D eigenvalue weighted by molar-refractivity contribution is 7.89. The summed E-state index contributed by atoms with van der Waals surface area (Å²) in [6, 6.07) is 1.56. The molecule has 1 N–H and O–H groups in total. The highest BCUT2D eigenvalue weighted by Crippen LogP contribution is 2.22. The van der Waals surface area contributed by atoms with Crippen molar-refractivity contribution in [1.29, 1.82) is 0 Å². The van der Waals surface area contributed by atoms with Gasteiger partial charge in [0.15, 0.2) is 0 Å². The van der Waals surface area contributed by atoms with E-state index < -0.39 is 10.0 Å². The normalized spacial score (nSPS) is 17.2. The summed E-state index contributed by atoms with van der Waals surface area (Å²) in [5.41, 5.74) is 0.383. The van der Waals surface area contributed by atoms with E-state index in [9.17, 15) is 13.2 Å². The van der Waals surface area contributed by atoms with Gasteiger partial charge >= 0.3 is 0 Å². The molecule has 0 radical (unpaired) electrons. The minimum absolute atomic E-state index is 0.0692. The molecule has 1 atom stereocenters.